The van der Waals surface area contributed by atoms with E-state index in [1.807, 2.05) is 37.4 Å². The molecule has 3 rings (SSSR count). The third kappa shape index (κ3) is 3.99. The molecule has 2 heterocycles. The lowest BCUT2D eigenvalue weighted by molar-refractivity contribution is -0.126. The highest BCUT2D eigenvalue weighted by atomic mass is 16.5. The molecule has 1 N–H and O–H groups in total. The van der Waals surface area contributed by atoms with E-state index in [-0.39, 0.29) is 30.2 Å². The van der Waals surface area contributed by atoms with Gasteiger partial charge in [-0.05, 0) is 25.1 Å². The smallest absolute Gasteiger partial charge is 0.227 e. The third-order valence-electron chi connectivity index (χ3n) is 4.27. The first-order valence-corrected chi connectivity index (χ1v) is 8.29. The molecule has 0 aliphatic carbocycles. The largest absolute Gasteiger partial charge is 0.497 e. The lowest BCUT2D eigenvalue weighted by Gasteiger charge is -2.19. The fourth-order valence-electron chi connectivity index (χ4n) is 3.01. The zero-order chi connectivity index (χ0) is 17.8. The quantitative estimate of drug-likeness (QED) is 0.862. The molecule has 2 amide bonds. The van der Waals surface area contributed by atoms with Crippen molar-refractivity contribution in [3.8, 4) is 5.75 Å². The molecular formula is C18H22N4O3. The molecular weight excluding hydrogens is 320 g/mol. The van der Waals surface area contributed by atoms with Crippen LogP contribution in [0.2, 0.25) is 0 Å². The molecule has 0 spiro atoms. The summed E-state index contributed by atoms with van der Waals surface area (Å²) in [6.45, 7) is 2.90. The minimum atomic E-state index is -0.348. The lowest BCUT2D eigenvalue weighted by atomic mass is 10.1. The van der Waals surface area contributed by atoms with Crippen molar-refractivity contribution in [2.75, 3.05) is 18.6 Å². The van der Waals surface area contributed by atoms with Crippen molar-refractivity contribution >= 4 is 17.5 Å². The maximum Gasteiger partial charge on any atom is 0.227 e. The Morgan fingerprint density at radius 3 is 3.00 bits per heavy atom. The molecule has 0 bridgehead atoms. The summed E-state index contributed by atoms with van der Waals surface area (Å²) in [5, 5.41) is 7.10. The highest BCUT2D eigenvalue weighted by molar-refractivity contribution is 6.00. The van der Waals surface area contributed by atoms with Crippen LogP contribution in [-0.2, 0) is 16.1 Å². The Hall–Kier alpha value is -2.83. The van der Waals surface area contributed by atoms with Gasteiger partial charge in [0.15, 0.2) is 0 Å². The molecule has 1 aliphatic rings. The number of ether oxygens (including phenoxy) is 1. The standard InChI is InChI=1S/C18H22N4O3/c1-13(11-21-8-4-7-19-21)20-18(24)14-9-17(23)22(12-14)15-5-3-6-16(10-15)25-2/h3-8,10,13-14H,9,11-12H2,1-2H3,(H,20,24)/t13-,14-/m1/s1. The molecule has 132 valence electrons. The second kappa shape index (κ2) is 7.38. The van der Waals surface area contributed by atoms with Crippen LogP contribution < -0.4 is 15.0 Å². The summed E-state index contributed by atoms with van der Waals surface area (Å²) in [5.41, 5.74) is 0.754. The Balaban J connectivity index is 1.60. The van der Waals surface area contributed by atoms with E-state index in [0.29, 0.717) is 18.8 Å². The van der Waals surface area contributed by atoms with Crippen molar-refractivity contribution in [1.29, 1.82) is 0 Å². The van der Waals surface area contributed by atoms with E-state index < -0.39 is 0 Å². The van der Waals surface area contributed by atoms with Gasteiger partial charge in [-0.15, -0.1) is 0 Å². The van der Waals surface area contributed by atoms with E-state index >= 15 is 0 Å². The van der Waals surface area contributed by atoms with Crippen LogP contribution in [0.1, 0.15) is 13.3 Å². The molecule has 1 aromatic carbocycles. The Bertz CT molecular complexity index is 745. The fraction of sp³-hybridized carbons (Fsp3) is 0.389. The molecule has 0 unspecified atom stereocenters. The van der Waals surface area contributed by atoms with Crippen LogP contribution in [0.4, 0.5) is 5.69 Å². The molecule has 1 aromatic heterocycles. The molecule has 7 nitrogen and oxygen atoms in total. The molecule has 0 saturated carbocycles. The van der Waals surface area contributed by atoms with E-state index in [4.69, 9.17) is 4.74 Å². The number of anilines is 1. The van der Waals surface area contributed by atoms with Gasteiger partial charge in [0.2, 0.25) is 11.8 Å². The number of carbonyl (C=O) groups is 2. The van der Waals surface area contributed by atoms with Gasteiger partial charge < -0.3 is 15.0 Å². The normalized spacial score (nSPS) is 18.2. The average Bonchev–Trinajstić information content (AvgIpc) is 3.24. The van der Waals surface area contributed by atoms with E-state index in [1.54, 1.807) is 29.0 Å². The molecule has 2 atom stereocenters. The van der Waals surface area contributed by atoms with Gasteiger partial charge in [0.05, 0.1) is 19.6 Å². The number of amides is 2. The van der Waals surface area contributed by atoms with Crippen molar-refractivity contribution < 1.29 is 14.3 Å². The Kier molecular flexibility index (Phi) is 5.02. The van der Waals surface area contributed by atoms with Crippen molar-refractivity contribution in [3.63, 3.8) is 0 Å². The first-order valence-electron chi connectivity index (χ1n) is 8.29. The maximum absolute atomic E-state index is 12.5. The van der Waals surface area contributed by atoms with E-state index in [1.165, 1.54) is 0 Å². The van der Waals surface area contributed by atoms with Gasteiger partial charge in [-0.2, -0.15) is 5.10 Å². The summed E-state index contributed by atoms with van der Waals surface area (Å²) in [6.07, 6.45) is 3.78. The zero-order valence-corrected chi connectivity index (χ0v) is 14.4. The summed E-state index contributed by atoms with van der Waals surface area (Å²) in [4.78, 5) is 26.5. The van der Waals surface area contributed by atoms with Crippen LogP contribution in [-0.4, -0.2) is 41.3 Å². The number of rotatable bonds is 6. The monoisotopic (exact) mass is 342 g/mol. The van der Waals surface area contributed by atoms with Crippen molar-refractivity contribution in [2.45, 2.75) is 25.9 Å². The highest BCUT2D eigenvalue weighted by Gasteiger charge is 2.35. The molecule has 1 aliphatic heterocycles. The number of benzene rings is 1. The summed E-state index contributed by atoms with van der Waals surface area (Å²) < 4.78 is 6.97. The second-order valence-corrected chi connectivity index (χ2v) is 6.24. The molecule has 7 heteroatoms. The van der Waals surface area contributed by atoms with Gasteiger partial charge >= 0.3 is 0 Å². The summed E-state index contributed by atoms with van der Waals surface area (Å²) >= 11 is 0. The molecule has 2 aromatic rings. The van der Waals surface area contributed by atoms with Gasteiger partial charge in [-0.1, -0.05) is 6.07 Å². The van der Waals surface area contributed by atoms with Crippen molar-refractivity contribution in [1.82, 2.24) is 15.1 Å². The van der Waals surface area contributed by atoms with Crippen LogP contribution in [0.15, 0.2) is 42.7 Å². The SMILES string of the molecule is COc1cccc(N2C[C@H](C(=O)N[C@H](C)Cn3cccn3)CC2=O)c1. The van der Waals surface area contributed by atoms with Crippen LogP contribution in [0.3, 0.4) is 0 Å². The van der Waals surface area contributed by atoms with Gasteiger partial charge in [0.1, 0.15) is 5.75 Å². The number of aromatic nitrogens is 2. The average molecular weight is 342 g/mol. The number of carbonyl (C=O) groups excluding carboxylic acids is 2. The topological polar surface area (TPSA) is 76.5 Å². The Labute approximate surface area is 146 Å². The maximum atomic E-state index is 12.5. The Morgan fingerprint density at radius 2 is 2.28 bits per heavy atom. The van der Waals surface area contributed by atoms with E-state index in [9.17, 15) is 9.59 Å². The minimum Gasteiger partial charge on any atom is -0.497 e. The number of hydrogen-bond acceptors (Lipinski definition) is 4. The van der Waals surface area contributed by atoms with E-state index in [2.05, 4.69) is 10.4 Å². The number of nitrogens with zero attached hydrogens (tertiary/aromatic N) is 3. The molecule has 1 fully saturated rings. The van der Waals surface area contributed by atoms with Crippen LogP contribution in [0, 0.1) is 5.92 Å². The number of methoxy groups -OCH3 is 1. The third-order valence-corrected chi connectivity index (χ3v) is 4.27. The molecule has 25 heavy (non-hydrogen) atoms. The highest BCUT2D eigenvalue weighted by Crippen LogP contribution is 2.28. The first kappa shape index (κ1) is 17.0. The van der Waals surface area contributed by atoms with Gasteiger partial charge in [-0.25, -0.2) is 0 Å². The summed E-state index contributed by atoms with van der Waals surface area (Å²) in [5.74, 6) is 0.191. The number of nitrogens with one attached hydrogen (secondary N) is 1. The second-order valence-electron chi connectivity index (χ2n) is 6.24. The summed E-state index contributed by atoms with van der Waals surface area (Å²) in [7, 11) is 1.59. The molecule has 1 saturated heterocycles. The lowest BCUT2D eigenvalue weighted by Crippen LogP contribution is -2.40. The number of hydrogen-bond donors (Lipinski definition) is 1. The van der Waals surface area contributed by atoms with E-state index in [0.717, 1.165) is 5.69 Å². The van der Waals surface area contributed by atoms with Gasteiger partial charge in [0, 0.05) is 43.2 Å². The summed E-state index contributed by atoms with van der Waals surface area (Å²) in [6, 6.07) is 9.09. The van der Waals surface area contributed by atoms with Gasteiger partial charge in [-0.3, -0.25) is 14.3 Å². The van der Waals surface area contributed by atoms with Crippen LogP contribution in [0.25, 0.3) is 0 Å². The Morgan fingerprint density at radius 1 is 1.44 bits per heavy atom. The molecule has 0 radical (unpaired) electrons. The minimum absolute atomic E-state index is 0.0480. The van der Waals surface area contributed by atoms with Crippen LogP contribution in [0.5, 0.6) is 5.75 Å². The predicted octanol–water partition coefficient (Wildman–Crippen LogP) is 1.45. The zero-order valence-electron chi connectivity index (χ0n) is 14.4. The van der Waals surface area contributed by atoms with Crippen molar-refractivity contribution in [3.05, 3.63) is 42.7 Å². The first-order chi connectivity index (χ1) is 12.1. The predicted molar refractivity (Wildman–Crippen MR) is 93.3 cm³/mol. The van der Waals surface area contributed by atoms with Gasteiger partial charge in [0.25, 0.3) is 0 Å². The van der Waals surface area contributed by atoms with Crippen LogP contribution >= 0.6 is 0 Å². The van der Waals surface area contributed by atoms with Crippen molar-refractivity contribution in [2.24, 2.45) is 5.92 Å². The fourth-order valence-corrected chi connectivity index (χ4v) is 3.01.